The molecule has 0 spiro atoms. The molecule has 0 aliphatic carbocycles. The van der Waals surface area contributed by atoms with Gasteiger partial charge >= 0.3 is 5.97 Å². The number of thioether (sulfide) groups is 1. The number of rotatable bonds is 7. The molecule has 0 atom stereocenters. The van der Waals surface area contributed by atoms with E-state index in [9.17, 15) is 25.0 Å². The summed E-state index contributed by atoms with van der Waals surface area (Å²) in [7, 11) is 1.10. The Labute approximate surface area is 136 Å². The van der Waals surface area contributed by atoms with E-state index in [4.69, 9.17) is 0 Å². The number of nitrogens with zero attached hydrogens (tertiary/aromatic N) is 2. The van der Waals surface area contributed by atoms with Gasteiger partial charge in [-0.15, -0.1) is 0 Å². The molecule has 9 nitrogen and oxygen atoms in total. The van der Waals surface area contributed by atoms with Crippen LogP contribution in [-0.4, -0.2) is 40.5 Å². The summed E-state index contributed by atoms with van der Waals surface area (Å²) in [5.74, 6) is -0.888. The molecule has 0 unspecified atom stereocenters. The highest BCUT2D eigenvalue weighted by atomic mass is 32.2. The van der Waals surface area contributed by atoms with E-state index in [1.807, 2.05) is 20.1 Å². The van der Waals surface area contributed by atoms with E-state index in [2.05, 4.69) is 10.1 Å². The summed E-state index contributed by atoms with van der Waals surface area (Å²) in [6.45, 7) is 4.15. The summed E-state index contributed by atoms with van der Waals surface area (Å²) >= 11 is 1.53. The molecule has 0 saturated carbocycles. The molecule has 0 amide bonds. The third-order valence-corrected chi connectivity index (χ3v) is 4.41. The second-order valence-corrected chi connectivity index (χ2v) is 6.72. The number of nitro groups is 2. The van der Waals surface area contributed by atoms with Crippen molar-refractivity contribution in [2.45, 2.75) is 18.6 Å². The average molecular weight is 343 g/mol. The van der Waals surface area contributed by atoms with E-state index >= 15 is 0 Å². The molecule has 0 heterocycles. The number of methoxy groups -OCH3 is 1. The molecule has 1 rings (SSSR count). The van der Waals surface area contributed by atoms with Gasteiger partial charge in [0.1, 0.15) is 5.69 Å². The number of carbonyl (C=O) groups excluding carboxylic acids is 1. The minimum Gasteiger partial charge on any atom is -0.465 e. The molecule has 23 heavy (non-hydrogen) atoms. The number of benzene rings is 1. The highest BCUT2D eigenvalue weighted by Gasteiger charge is 2.29. The molecular weight excluding hydrogens is 326 g/mol. The number of anilines is 1. The smallest absolute Gasteiger partial charge is 0.340 e. The van der Waals surface area contributed by atoms with Gasteiger partial charge in [-0.25, -0.2) is 4.79 Å². The van der Waals surface area contributed by atoms with Crippen LogP contribution in [0.2, 0.25) is 0 Å². The monoisotopic (exact) mass is 343 g/mol. The van der Waals surface area contributed by atoms with E-state index in [-0.39, 0.29) is 16.0 Å². The first kappa shape index (κ1) is 18.7. The van der Waals surface area contributed by atoms with Gasteiger partial charge in [0.05, 0.1) is 28.6 Å². The van der Waals surface area contributed by atoms with Crippen molar-refractivity contribution in [1.82, 2.24) is 0 Å². The molecule has 1 N–H and O–H groups in total. The average Bonchev–Trinajstić information content (AvgIpc) is 2.51. The van der Waals surface area contributed by atoms with Gasteiger partial charge in [0.15, 0.2) is 0 Å². The number of ether oxygens (including phenoxy) is 1. The number of nitrogens with one attached hydrogen (secondary N) is 1. The van der Waals surface area contributed by atoms with E-state index in [1.54, 1.807) is 0 Å². The molecule has 0 aliphatic rings. The number of nitro benzene ring substituents is 2. The molecule has 0 fully saturated rings. The quantitative estimate of drug-likeness (QED) is 0.455. The topological polar surface area (TPSA) is 125 Å². The second kappa shape index (κ2) is 7.27. The van der Waals surface area contributed by atoms with Crippen LogP contribution < -0.4 is 5.32 Å². The van der Waals surface area contributed by atoms with Crippen molar-refractivity contribution >= 4 is 34.8 Å². The highest BCUT2D eigenvalue weighted by molar-refractivity contribution is 7.99. The normalized spacial score (nSPS) is 11.0. The van der Waals surface area contributed by atoms with Crippen LogP contribution in [-0.2, 0) is 4.74 Å². The Bertz CT molecular complexity index is 647. The van der Waals surface area contributed by atoms with E-state index in [0.717, 1.165) is 19.2 Å². The second-order valence-electron chi connectivity index (χ2n) is 5.21. The number of non-ortho nitro benzene ring substituents is 1. The van der Waals surface area contributed by atoms with Gasteiger partial charge in [0.2, 0.25) is 0 Å². The van der Waals surface area contributed by atoms with Gasteiger partial charge < -0.3 is 10.1 Å². The van der Waals surface area contributed by atoms with Crippen molar-refractivity contribution in [3.63, 3.8) is 0 Å². The van der Waals surface area contributed by atoms with Crippen molar-refractivity contribution in [3.8, 4) is 0 Å². The lowest BCUT2D eigenvalue weighted by molar-refractivity contribution is -0.393. The first-order valence-corrected chi connectivity index (χ1v) is 7.69. The minimum atomic E-state index is -0.888. The van der Waals surface area contributed by atoms with Gasteiger partial charge in [0, 0.05) is 17.4 Å². The van der Waals surface area contributed by atoms with Gasteiger partial charge in [0.25, 0.3) is 11.4 Å². The maximum Gasteiger partial charge on any atom is 0.340 e. The maximum absolute atomic E-state index is 11.9. The maximum atomic E-state index is 11.9. The van der Waals surface area contributed by atoms with Crippen LogP contribution in [0.4, 0.5) is 17.1 Å². The lowest BCUT2D eigenvalue weighted by Gasteiger charge is -2.23. The summed E-state index contributed by atoms with van der Waals surface area (Å²) in [4.78, 5) is 32.5. The van der Waals surface area contributed by atoms with Crippen LogP contribution >= 0.6 is 11.8 Å². The molecule has 0 aliphatic heterocycles. The Hall–Kier alpha value is -2.36. The number of carbonyl (C=O) groups is 1. The fourth-order valence-corrected chi connectivity index (χ4v) is 1.91. The first-order valence-electron chi connectivity index (χ1n) is 6.47. The zero-order valence-corrected chi connectivity index (χ0v) is 13.9. The van der Waals surface area contributed by atoms with Crippen LogP contribution in [0.5, 0.6) is 0 Å². The van der Waals surface area contributed by atoms with E-state index in [1.165, 1.54) is 11.8 Å². The van der Waals surface area contributed by atoms with Gasteiger partial charge in [-0.05, 0) is 20.1 Å². The molecule has 126 valence electrons. The van der Waals surface area contributed by atoms with Crippen LogP contribution in [0.15, 0.2) is 12.1 Å². The van der Waals surface area contributed by atoms with Gasteiger partial charge in [-0.3, -0.25) is 20.2 Å². The Morgan fingerprint density at radius 3 is 2.35 bits per heavy atom. The highest BCUT2D eigenvalue weighted by Crippen LogP contribution is 2.35. The molecule has 1 aromatic rings. The molecule has 0 radical (unpaired) electrons. The summed E-state index contributed by atoms with van der Waals surface area (Å²) in [6, 6.07) is 1.79. The molecule has 1 aromatic carbocycles. The van der Waals surface area contributed by atoms with Crippen molar-refractivity contribution < 1.29 is 19.4 Å². The third kappa shape index (κ3) is 4.55. The first-order chi connectivity index (χ1) is 10.6. The van der Waals surface area contributed by atoms with Gasteiger partial charge in [-0.1, -0.05) is 0 Å². The summed E-state index contributed by atoms with van der Waals surface area (Å²) in [5, 5.41) is 25.0. The molecule has 0 bridgehead atoms. The van der Waals surface area contributed by atoms with Crippen LogP contribution in [0.25, 0.3) is 0 Å². The number of hydrogen-bond acceptors (Lipinski definition) is 8. The molecule has 10 heteroatoms. The standard InChI is InChI=1S/C13H17N3O6S/c1-13(2,23-4)7-14-11-9(12(17)22-3)5-8(15(18)19)6-10(11)16(20)21/h5-6,14H,7H2,1-4H3. The summed E-state index contributed by atoms with van der Waals surface area (Å²) in [5.41, 5.74) is -1.43. The molecular formula is C13H17N3O6S. The SMILES string of the molecule is COC(=O)c1cc([N+](=O)[O-])cc([N+](=O)[O-])c1NCC(C)(C)SC. The van der Waals surface area contributed by atoms with Crippen molar-refractivity contribution in [2.75, 3.05) is 25.2 Å². The molecule has 0 aromatic heterocycles. The largest absolute Gasteiger partial charge is 0.465 e. The number of hydrogen-bond donors (Lipinski definition) is 1. The fourth-order valence-electron chi connectivity index (χ4n) is 1.69. The zero-order chi connectivity index (χ0) is 17.8. The van der Waals surface area contributed by atoms with Crippen LogP contribution in [0.1, 0.15) is 24.2 Å². The fraction of sp³-hybridized carbons (Fsp3) is 0.462. The summed E-state index contributed by atoms with van der Waals surface area (Å²) < 4.78 is 4.31. The van der Waals surface area contributed by atoms with Crippen LogP contribution in [0, 0.1) is 20.2 Å². The Morgan fingerprint density at radius 1 is 1.30 bits per heavy atom. The predicted molar refractivity (Wildman–Crippen MR) is 87.2 cm³/mol. The Kier molecular flexibility index (Phi) is 5.91. The lowest BCUT2D eigenvalue weighted by Crippen LogP contribution is -2.27. The predicted octanol–water partition coefficient (Wildman–Crippen LogP) is 2.84. The molecule has 0 saturated heterocycles. The Morgan fingerprint density at radius 2 is 1.91 bits per heavy atom. The van der Waals surface area contributed by atoms with Crippen molar-refractivity contribution in [2.24, 2.45) is 0 Å². The Balaban J connectivity index is 3.47. The van der Waals surface area contributed by atoms with Crippen molar-refractivity contribution in [1.29, 1.82) is 0 Å². The zero-order valence-electron chi connectivity index (χ0n) is 13.1. The lowest BCUT2D eigenvalue weighted by atomic mass is 10.1. The summed E-state index contributed by atoms with van der Waals surface area (Å²) in [6.07, 6.45) is 1.88. The minimum absolute atomic E-state index is 0.0884. The van der Waals surface area contributed by atoms with E-state index in [0.29, 0.717) is 6.54 Å². The van der Waals surface area contributed by atoms with E-state index < -0.39 is 27.2 Å². The van der Waals surface area contributed by atoms with Crippen molar-refractivity contribution in [3.05, 3.63) is 37.9 Å². The van der Waals surface area contributed by atoms with Gasteiger partial charge in [-0.2, -0.15) is 11.8 Å². The third-order valence-electron chi connectivity index (χ3n) is 3.16. The van der Waals surface area contributed by atoms with Crippen LogP contribution in [0.3, 0.4) is 0 Å². The number of esters is 1.